The Balaban J connectivity index is 1.93. The van der Waals surface area contributed by atoms with Crippen molar-refractivity contribution in [2.45, 2.75) is 6.42 Å². The zero-order valence-electron chi connectivity index (χ0n) is 12.3. The third-order valence-electron chi connectivity index (χ3n) is 3.16. The standard InChI is InChI=1S/C16H20N4O/c1-20(2)15-7-6-12(11-14(15)17)16(21)19-10-8-13-5-3-4-9-18-13/h3-7,9,11H,8,10,17H2,1-2H3,(H,19,21). The first kappa shape index (κ1) is 14.8. The van der Waals surface area contributed by atoms with Gasteiger partial charge in [0.15, 0.2) is 0 Å². The smallest absolute Gasteiger partial charge is 0.251 e. The minimum Gasteiger partial charge on any atom is -0.397 e. The lowest BCUT2D eigenvalue weighted by Gasteiger charge is -2.15. The van der Waals surface area contributed by atoms with Gasteiger partial charge in [-0.15, -0.1) is 0 Å². The Kier molecular flexibility index (Phi) is 4.77. The van der Waals surface area contributed by atoms with Crippen LogP contribution in [0.4, 0.5) is 11.4 Å². The number of pyridine rings is 1. The molecule has 3 N–H and O–H groups in total. The van der Waals surface area contributed by atoms with Crippen LogP contribution in [0.15, 0.2) is 42.6 Å². The lowest BCUT2D eigenvalue weighted by molar-refractivity contribution is 0.0954. The predicted octanol–water partition coefficient (Wildman–Crippen LogP) is 1.70. The van der Waals surface area contributed by atoms with Gasteiger partial charge in [-0.05, 0) is 30.3 Å². The molecule has 0 atom stereocenters. The van der Waals surface area contributed by atoms with Crippen LogP contribution in [-0.4, -0.2) is 31.5 Å². The number of nitrogens with zero attached hydrogens (tertiary/aromatic N) is 2. The molecule has 2 rings (SSSR count). The van der Waals surface area contributed by atoms with Crippen LogP contribution < -0.4 is 16.0 Å². The van der Waals surface area contributed by atoms with E-state index in [9.17, 15) is 4.79 Å². The molecule has 1 heterocycles. The largest absolute Gasteiger partial charge is 0.397 e. The normalized spacial score (nSPS) is 10.2. The van der Waals surface area contributed by atoms with E-state index < -0.39 is 0 Å². The molecular weight excluding hydrogens is 264 g/mol. The topological polar surface area (TPSA) is 71.2 Å². The number of nitrogens with one attached hydrogen (secondary N) is 1. The van der Waals surface area contributed by atoms with Gasteiger partial charge in [0.05, 0.1) is 11.4 Å². The molecule has 5 nitrogen and oxygen atoms in total. The third kappa shape index (κ3) is 3.95. The van der Waals surface area contributed by atoms with E-state index in [1.54, 1.807) is 18.3 Å². The van der Waals surface area contributed by atoms with E-state index in [-0.39, 0.29) is 5.91 Å². The van der Waals surface area contributed by atoms with Crippen molar-refractivity contribution in [2.24, 2.45) is 0 Å². The van der Waals surface area contributed by atoms with E-state index in [1.807, 2.05) is 43.3 Å². The van der Waals surface area contributed by atoms with Gasteiger partial charge in [-0.1, -0.05) is 6.07 Å². The average molecular weight is 284 g/mol. The van der Waals surface area contributed by atoms with Gasteiger partial charge in [0, 0.05) is 44.5 Å². The summed E-state index contributed by atoms with van der Waals surface area (Å²) in [5.41, 5.74) is 8.97. The number of hydrogen-bond acceptors (Lipinski definition) is 4. The number of carbonyl (C=O) groups is 1. The molecule has 0 aliphatic rings. The van der Waals surface area contributed by atoms with E-state index in [2.05, 4.69) is 10.3 Å². The summed E-state index contributed by atoms with van der Waals surface area (Å²) in [7, 11) is 3.83. The second-order valence-corrected chi connectivity index (χ2v) is 4.99. The molecule has 5 heteroatoms. The fraction of sp³-hybridized carbons (Fsp3) is 0.250. The highest BCUT2D eigenvalue weighted by molar-refractivity contribution is 5.96. The molecular formula is C16H20N4O. The van der Waals surface area contributed by atoms with Crippen molar-refractivity contribution in [1.82, 2.24) is 10.3 Å². The van der Waals surface area contributed by atoms with Crippen LogP contribution in [-0.2, 0) is 6.42 Å². The molecule has 2 aromatic rings. The highest BCUT2D eigenvalue weighted by Gasteiger charge is 2.08. The fourth-order valence-corrected chi connectivity index (χ4v) is 2.06. The minimum absolute atomic E-state index is 0.122. The zero-order chi connectivity index (χ0) is 15.2. The lowest BCUT2D eigenvalue weighted by atomic mass is 10.1. The van der Waals surface area contributed by atoms with E-state index in [1.165, 1.54) is 0 Å². The molecule has 1 aromatic heterocycles. The van der Waals surface area contributed by atoms with Gasteiger partial charge in [-0.3, -0.25) is 9.78 Å². The monoisotopic (exact) mass is 284 g/mol. The number of amides is 1. The second kappa shape index (κ2) is 6.74. The third-order valence-corrected chi connectivity index (χ3v) is 3.16. The van der Waals surface area contributed by atoms with Crippen LogP contribution in [0.3, 0.4) is 0 Å². The van der Waals surface area contributed by atoms with Gasteiger partial charge < -0.3 is 16.0 Å². The fourth-order valence-electron chi connectivity index (χ4n) is 2.06. The van der Waals surface area contributed by atoms with Crippen molar-refractivity contribution in [3.05, 3.63) is 53.9 Å². The predicted molar refractivity (Wildman–Crippen MR) is 85.5 cm³/mol. The van der Waals surface area contributed by atoms with Crippen molar-refractivity contribution in [3.8, 4) is 0 Å². The first-order chi connectivity index (χ1) is 10.1. The molecule has 1 amide bonds. The summed E-state index contributed by atoms with van der Waals surface area (Å²) in [6.07, 6.45) is 2.45. The van der Waals surface area contributed by atoms with Crippen molar-refractivity contribution in [2.75, 3.05) is 31.3 Å². The van der Waals surface area contributed by atoms with E-state index in [4.69, 9.17) is 5.73 Å². The molecule has 0 spiro atoms. The Bertz CT molecular complexity index is 611. The molecule has 0 saturated carbocycles. The minimum atomic E-state index is -0.122. The number of benzene rings is 1. The first-order valence-corrected chi connectivity index (χ1v) is 6.83. The molecule has 0 saturated heterocycles. The number of rotatable bonds is 5. The summed E-state index contributed by atoms with van der Waals surface area (Å²) >= 11 is 0. The molecule has 0 fully saturated rings. The highest BCUT2D eigenvalue weighted by Crippen LogP contribution is 2.22. The molecule has 0 aliphatic heterocycles. The molecule has 21 heavy (non-hydrogen) atoms. The summed E-state index contributed by atoms with van der Waals surface area (Å²) < 4.78 is 0. The molecule has 0 radical (unpaired) electrons. The van der Waals surface area contributed by atoms with Gasteiger partial charge >= 0.3 is 0 Å². The Labute approximate surface area is 124 Å². The Morgan fingerprint density at radius 2 is 2.10 bits per heavy atom. The van der Waals surface area contributed by atoms with Gasteiger partial charge in [-0.2, -0.15) is 0 Å². The van der Waals surface area contributed by atoms with Crippen LogP contribution >= 0.6 is 0 Å². The van der Waals surface area contributed by atoms with Gasteiger partial charge in [0.25, 0.3) is 5.91 Å². The van der Waals surface area contributed by atoms with E-state index >= 15 is 0 Å². The molecule has 0 unspecified atom stereocenters. The molecule has 0 bridgehead atoms. The average Bonchev–Trinajstić information content (AvgIpc) is 2.47. The summed E-state index contributed by atoms with van der Waals surface area (Å²) in [5, 5.41) is 2.88. The lowest BCUT2D eigenvalue weighted by Crippen LogP contribution is -2.26. The number of nitrogen functional groups attached to an aromatic ring is 1. The maximum atomic E-state index is 12.1. The van der Waals surface area contributed by atoms with Crippen molar-refractivity contribution in [3.63, 3.8) is 0 Å². The summed E-state index contributed by atoms with van der Waals surface area (Å²) in [5.74, 6) is -0.122. The number of anilines is 2. The van der Waals surface area contributed by atoms with E-state index in [0.29, 0.717) is 24.2 Å². The highest BCUT2D eigenvalue weighted by atomic mass is 16.1. The van der Waals surface area contributed by atoms with Crippen LogP contribution in [0.1, 0.15) is 16.1 Å². The van der Waals surface area contributed by atoms with Gasteiger partial charge in [-0.25, -0.2) is 0 Å². The van der Waals surface area contributed by atoms with Crippen LogP contribution in [0.2, 0.25) is 0 Å². The Hall–Kier alpha value is -2.56. The van der Waals surface area contributed by atoms with Crippen molar-refractivity contribution < 1.29 is 4.79 Å². The Morgan fingerprint density at radius 3 is 2.71 bits per heavy atom. The van der Waals surface area contributed by atoms with Crippen LogP contribution in [0, 0.1) is 0 Å². The van der Waals surface area contributed by atoms with Gasteiger partial charge in [0.2, 0.25) is 0 Å². The number of hydrogen-bond donors (Lipinski definition) is 2. The first-order valence-electron chi connectivity index (χ1n) is 6.83. The maximum absolute atomic E-state index is 12.1. The Morgan fingerprint density at radius 1 is 1.29 bits per heavy atom. The number of nitrogens with two attached hydrogens (primary N) is 1. The second-order valence-electron chi connectivity index (χ2n) is 4.99. The molecule has 0 aliphatic carbocycles. The van der Waals surface area contributed by atoms with Gasteiger partial charge in [0.1, 0.15) is 0 Å². The van der Waals surface area contributed by atoms with Crippen LogP contribution in [0.25, 0.3) is 0 Å². The van der Waals surface area contributed by atoms with Crippen molar-refractivity contribution >= 4 is 17.3 Å². The molecule has 1 aromatic carbocycles. The van der Waals surface area contributed by atoms with Crippen molar-refractivity contribution in [1.29, 1.82) is 0 Å². The number of aromatic nitrogens is 1. The maximum Gasteiger partial charge on any atom is 0.251 e. The summed E-state index contributed by atoms with van der Waals surface area (Å²) in [6, 6.07) is 11.1. The quantitative estimate of drug-likeness (QED) is 0.820. The summed E-state index contributed by atoms with van der Waals surface area (Å²) in [6.45, 7) is 0.547. The SMILES string of the molecule is CN(C)c1ccc(C(=O)NCCc2ccccn2)cc1N. The molecule has 110 valence electrons. The zero-order valence-corrected chi connectivity index (χ0v) is 12.3. The number of carbonyl (C=O) groups excluding carboxylic acids is 1. The summed E-state index contributed by atoms with van der Waals surface area (Å²) in [4.78, 5) is 18.2. The van der Waals surface area contributed by atoms with Crippen LogP contribution in [0.5, 0.6) is 0 Å². The van der Waals surface area contributed by atoms with E-state index in [0.717, 1.165) is 11.4 Å².